The highest BCUT2D eigenvalue weighted by Gasteiger charge is 2.58. The number of amides is 2. The number of hydrogen-bond donors (Lipinski definition) is 1. The van der Waals surface area contributed by atoms with E-state index in [1.165, 1.54) is 16.0 Å². The number of imide groups is 1. The number of aryl methyl sites for hydroxylation is 1. The summed E-state index contributed by atoms with van der Waals surface area (Å²) in [6, 6.07) is 8.64. The van der Waals surface area contributed by atoms with Gasteiger partial charge in [-0.25, -0.2) is 0 Å². The number of likely N-dealkylation sites (tertiary alicyclic amines) is 1. The predicted molar refractivity (Wildman–Crippen MR) is 146 cm³/mol. The number of halogens is 1. The van der Waals surface area contributed by atoms with E-state index in [1.807, 2.05) is 32.2 Å². The van der Waals surface area contributed by atoms with Crippen LogP contribution in [0.2, 0.25) is 5.02 Å². The number of thiophene rings is 1. The first-order valence-corrected chi connectivity index (χ1v) is 14.1. The summed E-state index contributed by atoms with van der Waals surface area (Å²) in [7, 11) is 0. The fraction of sp³-hybridized carbons (Fsp3) is 0.464. The lowest BCUT2D eigenvalue weighted by Crippen LogP contribution is -2.49. The zero-order valence-corrected chi connectivity index (χ0v) is 22.9. The third kappa shape index (κ3) is 4.58. The van der Waals surface area contributed by atoms with E-state index in [2.05, 4.69) is 41.2 Å². The van der Waals surface area contributed by atoms with Crippen LogP contribution in [0.3, 0.4) is 0 Å². The van der Waals surface area contributed by atoms with E-state index in [0.29, 0.717) is 12.6 Å². The molecule has 2 aliphatic heterocycles. The normalized spacial score (nSPS) is 23.6. The second-order valence-electron chi connectivity index (χ2n) is 9.77. The second-order valence-corrected chi connectivity index (χ2v) is 11.3. The first-order chi connectivity index (χ1) is 17.4. The molecule has 4 heterocycles. The zero-order valence-electron chi connectivity index (χ0n) is 21.3. The van der Waals surface area contributed by atoms with Gasteiger partial charge in [0.1, 0.15) is 0 Å². The number of piperazine rings is 1. The number of hydrogen-bond acceptors (Lipinski definition) is 6. The highest BCUT2D eigenvalue weighted by atomic mass is 35.5. The van der Waals surface area contributed by atoms with Crippen molar-refractivity contribution < 1.29 is 9.59 Å². The monoisotopic (exact) mass is 524 g/mol. The number of benzene rings is 1. The number of piperidine rings is 1. The molecular formula is C28H33ClN4O2S. The van der Waals surface area contributed by atoms with Gasteiger partial charge in [0.2, 0.25) is 11.8 Å². The molecule has 1 aliphatic carbocycles. The van der Waals surface area contributed by atoms with Crippen LogP contribution in [0.15, 0.2) is 30.5 Å². The summed E-state index contributed by atoms with van der Waals surface area (Å²) in [4.78, 5) is 34.5. The molecule has 2 amide bonds. The van der Waals surface area contributed by atoms with Gasteiger partial charge in [0.25, 0.3) is 0 Å². The van der Waals surface area contributed by atoms with Gasteiger partial charge in [0.15, 0.2) is 0 Å². The Kier molecular flexibility index (Phi) is 7.18. The third-order valence-corrected chi connectivity index (χ3v) is 8.82. The standard InChI is InChI=1S/C26H27ClN4O2S.C2H6/c1-14-7-16(27)8-19(22(14)13-30-6-5-28-11-15(30)2)18-3-4-29-23-9-17(34-24(18)23)12-31-25(32)20-10-21(20)26(31)33;1-2/h3-4,7-9,15,20-21,28H,5-6,10-13H2,1-2H3;1-2H3. The van der Waals surface area contributed by atoms with Gasteiger partial charge in [-0.1, -0.05) is 25.4 Å². The van der Waals surface area contributed by atoms with E-state index in [1.54, 1.807) is 11.3 Å². The van der Waals surface area contributed by atoms with Crippen LogP contribution in [-0.2, 0) is 22.7 Å². The topological polar surface area (TPSA) is 65.5 Å². The van der Waals surface area contributed by atoms with Crippen LogP contribution >= 0.6 is 22.9 Å². The number of nitrogens with one attached hydrogen (secondary N) is 1. The van der Waals surface area contributed by atoms with Crippen LogP contribution in [0.4, 0.5) is 0 Å². The molecule has 190 valence electrons. The van der Waals surface area contributed by atoms with Gasteiger partial charge in [-0.05, 0) is 61.2 Å². The maximum atomic E-state index is 12.5. The molecule has 0 spiro atoms. The summed E-state index contributed by atoms with van der Waals surface area (Å²) in [5.41, 5.74) is 5.59. The van der Waals surface area contributed by atoms with Crippen LogP contribution in [0.25, 0.3) is 21.3 Å². The molecule has 6 nitrogen and oxygen atoms in total. The van der Waals surface area contributed by atoms with E-state index in [0.717, 1.165) is 63.8 Å². The second kappa shape index (κ2) is 10.2. The molecule has 3 unspecified atom stereocenters. The molecule has 8 heteroatoms. The SMILES string of the molecule is CC.Cc1cc(Cl)cc(-c2ccnc3cc(CN4C(=O)C5CC5C4=O)sc23)c1CN1CCNCC1C. The van der Waals surface area contributed by atoms with Crippen LogP contribution in [0.1, 0.15) is 43.2 Å². The van der Waals surface area contributed by atoms with Gasteiger partial charge < -0.3 is 5.32 Å². The number of carbonyl (C=O) groups is 2. The Labute approximate surface area is 221 Å². The van der Waals surface area contributed by atoms with E-state index >= 15 is 0 Å². The minimum atomic E-state index is -0.0695. The molecular weight excluding hydrogens is 492 g/mol. The number of aromatic nitrogens is 1. The van der Waals surface area contributed by atoms with Gasteiger partial charge in [-0.3, -0.25) is 24.4 Å². The molecule has 6 rings (SSSR count). The minimum Gasteiger partial charge on any atom is -0.314 e. The molecule has 0 radical (unpaired) electrons. The van der Waals surface area contributed by atoms with Crippen LogP contribution in [0.5, 0.6) is 0 Å². The number of fused-ring (bicyclic) bond motifs is 2. The summed E-state index contributed by atoms with van der Waals surface area (Å²) in [5.74, 6) is -0.170. The highest BCUT2D eigenvalue weighted by Crippen LogP contribution is 2.48. The van der Waals surface area contributed by atoms with Gasteiger partial charge in [-0.15, -0.1) is 11.3 Å². The van der Waals surface area contributed by atoms with Crippen molar-refractivity contribution in [3.05, 3.63) is 51.5 Å². The van der Waals surface area contributed by atoms with Crippen molar-refractivity contribution >= 4 is 45.0 Å². The number of pyridine rings is 1. The molecule has 1 N–H and O–H groups in total. The molecule has 1 saturated carbocycles. The highest BCUT2D eigenvalue weighted by molar-refractivity contribution is 7.19. The van der Waals surface area contributed by atoms with Crippen molar-refractivity contribution in [2.45, 2.75) is 53.2 Å². The largest absolute Gasteiger partial charge is 0.314 e. The Morgan fingerprint density at radius 3 is 2.58 bits per heavy atom. The molecule has 36 heavy (non-hydrogen) atoms. The molecule has 3 fully saturated rings. The maximum absolute atomic E-state index is 12.5. The van der Waals surface area contributed by atoms with E-state index in [9.17, 15) is 9.59 Å². The van der Waals surface area contributed by atoms with Crippen LogP contribution in [0, 0.1) is 18.8 Å². The molecule has 3 aromatic rings. The van der Waals surface area contributed by atoms with Gasteiger partial charge in [0.05, 0.1) is 28.6 Å². The van der Waals surface area contributed by atoms with Gasteiger partial charge in [0, 0.05) is 53.9 Å². The Balaban J connectivity index is 0.00000130. The van der Waals surface area contributed by atoms with Crippen molar-refractivity contribution in [1.82, 2.24) is 20.1 Å². The summed E-state index contributed by atoms with van der Waals surface area (Å²) in [6.07, 6.45) is 2.57. The Morgan fingerprint density at radius 1 is 1.11 bits per heavy atom. The summed E-state index contributed by atoms with van der Waals surface area (Å²) < 4.78 is 1.07. The third-order valence-electron chi connectivity index (χ3n) is 7.46. The molecule has 2 aromatic heterocycles. The molecule has 3 aliphatic rings. The van der Waals surface area contributed by atoms with Crippen LogP contribution in [-0.4, -0.2) is 52.3 Å². The maximum Gasteiger partial charge on any atom is 0.233 e. The molecule has 1 aromatic carbocycles. The van der Waals surface area contributed by atoms with Gasteiger partial charge in [-0.2, -0.15) is 0 Å². The summed E-state index contributed by atoms with van der Waals surface area (Å²) in [5, 5.41) is 4.19. The number of nitrogens with zero attached hydrogens (tertiary/aromatic N) is 3. The summed E-state index contributed by atoms with van der Waals surface area (Å²) in [6.45, 7) is 12.6. The fourth-order valence-corrected chi connectivity index (χ4v) is 6.79. The lowest BCUT2D eigenvalue weighted by molar-refractivity contribution is -0.141. The Morgan fingerprint density at radius 2 is 1.86 bits per heavy atom. The smallest absolute Gasteiger partial charge is 0.233 e. The minimum absolute atomic E-state index is 0.0152. The molecule has 2 saturated heterocycles. The number of rotatable bonds is 5. The van der Waals surface area contributed by atoms with E-state index in [4.69, 9.17) is 11.6 Å². The quantitative estimate of drug-likeness (QED) is 0.462. The predicted octanol–water partition coefficient (Wildman–Crippen LogP) is 5.25. The van der Waals surface area contributed by atoms with E-state index < -0.39 is 0 Å². The first-order valence-electron chi connectivity index (χ1n) is 12.9. The lowest BCUT2D eigenvalue weighted by Gasteiger charge is -2.35. The van der Waals surface area contributed by atoms with Crippen LogP contribution < -0.4 is 5.32 Å². The average Bonchev–Trinajstić information content (AvgIpc) is 3.51. The van der Waals surface area contributed by atoms with Crippen molar-refractivity contribution in [1.29, 1.82) is 0 Å². The van der Waals surface area contributed by atoms with Crippen molar-refractivity contribution in [2.75, 3.05) is 19.6 Å². The first kappa shape index (κ1) is 25.3. The average molecular weight is 525 g/mol. The molecule has 0 bridgehead atoms. The molecule has 3 atom stereocenters. The van der Waals surface area contributed by atoms with Crippen molar-refractivity contribution in [3.63, 3.8) is 0 Å². The van der Waals surface area contributed by atoms with Crippen molar-refractivity contribution in [3.8, 4) is 11.1 Å². The van der Waals surface area contributed by atoms with Gasteiger partial charge >= 0.3 is 0 Å². The lowest BCUT2D eigenvalue weighted by atomic mass is 9.95. The Hall–Kier alpha value is -2.32. The summed E-state index contributed by atoms with van der Waals surface area (Å²) >= 11 is 8.16. The zero-order chi connectivity index (χ0) is 25.6. The Bertz CT molecular complexity index is 1300. The van der Waals surface area contributed by atoms with Crippen molar-refractivity contribution in [2.24, 2.45) is 11.8 Å². The number of carbonyl (C=O) groups excluding carboxylic acids is 2. The fourth-order valence-electron chi connectivity index (χ4n) is 5.38. The van der Waals surface area contributed by atoms with E-state index in [-0.39, 0.29) is 23.7 Å².